The van der Waals surface area contributed by atoms with Crippen LogP contribution in [0.15, 0.2) is 11.4 Å². The number of halogens is 1. The van der Waals surface area contributed by atoms with Crippen molar-refractivity contribution < 1.29 is 0 Å². The summed E-state index contributed by atoms with van der Waals surface area (Å²) in [6.07, 6.45) is 0.910. The number of nitrogens with two attached hydrogens (primary N) is 1. The van der Waals surface area contributed by atoms with E-state index >= 15 is 0 Å². The van der Waals surface area contributed by atoms with Crippen LogP contribution in [0.25, 0.3) is 0 Å². The van der Waals surface area contributed by atoms with Gasteiger partial charge in [-0.15, -0.1) is 11.3 Å². The molecule has 1 unspecified atom stereocenters. The minimum Gasteiger partial charge on any atom is -0.321 e. The van der Waals surface area contributed by atoms with Crippen LogP contribution in [0.5, 0.6) is 0 Å². The Morgan fingerprint density at radius 3 is 2.73 bits per heavy atom. The summed E-state index contributed by atoms with van der Waals surface area (Å²) in [6, 6.07) is 1.89. The third-order valence-electron chi connectivity index (χ3n) is 1.87. The van der Waals surface area contributed by atoms with Crippen molar-refractivity contribution in [1.29, 1.82) is 0 Å². The number of hydrogen-bond donors (Lipinski definition) is 1. The molecule has 0 aliphatic heterocycles. The zero-order valence-corrected chi connectivity index (χ0v) is 8.30. The molecule has 1 heterocycles. The van der Waals surface area contributed by atoms with Crippen LogP contribution >= 0.6 is 22.9 Å². The molecule has 3 heteroatoms. The van der Waals surface area contributed by atoms with E-state index in [0.29, 0.717) is 0 Å². The average Bonchev–Trinajstić information content (AvgIpc) is 2.36. The Balaban J connectivity index is 3.00. The molecular formula is C8H12ClNS. The first kappa shape index (κ1) is 9.04. The Hall–Kier alpha value is -0.0500. The maximum absolute atomic E-state index is 6.01. The van der Waals surface area contributed by atoms with E-state index in [1.54, 1.807) is 11.3 Å². The molecule has 2 N–H and O–H groups in total. The van der Waals surface area contributed by atoms with Crippen molar-refractivity contribution in [3.63, 3.8) is 0 Å². The van der Waals surface area contributed by atoms with Gasteiger partial charge < -0.3 is 5.73 Å². The van der Waals surface area contributed by atoms with Gasteiger partial charge in [0.05, 0.1) is 5.02 Å². The van der Waals surface area contributed by atoms with Gasteiger partial charge in [0.1, 0.15) is 0 Å². The van der Waals surface area contributed by atoms with Crippen LogP contribution in [0.1, 0.15) is 25.1 Å². The highest BCUT2D eigenvalue weighted by Crippen LogP contribution is 2.32. The second kappa shape index (κ2) is 3.13. The molecule has 1 aromatic heterocycles. The van der Waals surface area contributed by atoms with Gasteiger partial charge in [0.2, 0.25) is 0 Å². The van der Waals surface area contributed by atoms with Crippen LogP contribution in [-0.2, 0) is 5.54 Å². The Morgan fingerprint density at radius 2 is 2.36 bits per heavy atom. The van der Waals surface area contributed by atoms with Gasteiger partial charge in [-0.1, -0.05) is 18.5 Å². The van der Waals surface area contributed by atoms with Crippen LogP contribution < -0.4 is 5.73 Å². The second-order valence-electron chi connectivity index (χ2n) is 2.87. The maximum Gasteiger partial charge on any atom is 0.0563 e. The fraction of sp³-hybridized carbons (Fsp3) is 0.500. The zero-order valence-electron chi connectivity index (χ0n) is 6.73. The topological polar surface area (TPSA) is 26.0 Å². The smallest absolute Gasteiger partial charge is 0.0563 e. The van der Waals surface area contributed by atoms with E-state index in [-0.39, 0.29) is 5.54 Å². The van der Waals surface area contributed by atoms with Gasteiger partial charge in [0.15, 0.2) is 0 Å². The molecule has 0 aliphatic carbocycles. The van der Waals surface area contributed by atoms with Crippen molar-refractivity contribution in [2.75, 3.05) is 0 Å². The summed E-state index contributed by atoms with van der Waals surface area (Å²) in [5.74, 6) is 0. The van der Waals surface area contributed by atoms with Crippen LogP contribution in [0, 0.1) is 0 Å². The molecule has 62 valence electrons. The first-order valence-corrected chi connectivity index (χ1v) is 4.86. The number of thiophene rings is 1. The molecule has 0 fully saturated rings. The van der Waals surface area contributed by atoms with Crippen LogP contribution in [0.3, 0.4) is 0 Å². The van der Waals surface area contributed by atoms with E-state index in [9.17, 15) is 0 Å². The van der Waals surface area contributed by atoms with E-state index in [2.05, 4.69) is 6.92 Å². The second-order valence-corrected chi connectivity index (χ2v) is 4.19. The van der Waals surface area contributed by atoms with Crippen molar-refractivity contribution in [2.24, 2.45) is 5.73 Å². The molecule has 1 nitrogen and oxygen atoms in total. The lowest BCUT2D eigenvalue weighted by atomic mass is 9.99. The van der Waals surface area contributed by atoms with E-state index in [0.717, 1.165) is 16.3 Å². The Labute approximate surface area is 76.2 Å². The van der Waals surface area contributed by atoms with E-state index in [4.69, 9.17) is 17.3 Å². The molecule has 0 amide bonds. The summed E-state index contributed by atoms with van der Waals surface area (Å²) in [7, 11) is 0. The highest BCUT2D eigenvalue weighted by Gasteiger charge is 2.22. The molecule has 0 bridgehead atoms. The fourth-order valence-corrected chi connectivity index (χ4v) is 2.28. The molecular weight excluding hydrogens is 178 g/mol. The van der Waals surface area contributed by atoms with Gasteiger partial charge in [-0.2, -0.15) is 0 Å². The van der Waals surface area contributed by atoms with Gasteiger partial charge in [0.25, 0.3) is 0 Å². The van der Waals surface area contributed by atoms with Crippen molar-refractivity contribution in [1.82, 2.24) is 0 Å². The van der Waals surface area contributed by atoms with Crippen LogP contribution in [0.4, 0.5) is 0 Å². The largest absolute Gasteiger partial charge is 0.321 e. The number of rotatable bonds is 2. The first-order valence-electron chi connectivity index (χ1n) is 3.60. The summed E-state index contributed by atoms with van der Waals surface area (Å²) in [5, 5.41) is 2.76. The summed E-state index contributed by atoms with van der Waals surface area (Å²) in [5.41, 5.74) is 5.75. The molecule has 0 saturated heterocycles. The lowest BCUT2D eigenvalue weighted by molar-refractivity contribution is 0.487. The first-order chi connectivity index (χ1) is 5.08. The summed E-state index contributed by atoms with van der Waals surface area (Å²) < 4.78 is 0. The van der Waals surface area contributed by atoms with Crippen LogP contribution in [-0.4, -0.2) is 0 Å². The Bertz CT molecular complexity index is 242. The minimum atomic E-state index is -0.259. The highest BCUT2D eigenvalue weighted by molar-refractivity contribution is 7.10. The maximum atomic E-state index is 6.01. The van der Waals surface area contributed by atoms with Gasteiger partial charge in [-0.05, 0) is 24.8 Å². The third kappa shape index (κ3) is 1.75. The van der Waals surface area contributed by atoms with Crippen molar-refractivity contribution >= 4 is 22.9 Å². The SMILES string of the molecule is CCC(C)(N)c1sccc1Cl. The standard InChI is InChI=1S/C8H12ClNS/c1-3-8(2,10)7-6(9)4-5-11-7/h4-5H,3,10H2,1-2H3. The van der Waals surface area contributed by atoms with Crippen molar-refractivity contribution in [3.8, 4) is 0 Å². The minimum absolute atomic E-state index is 0.259. The lowest BCUT2D eigenvalue weighted by Crippen LogP contribution is -2.31. The van der Waals surface area contributed by atoms with Crippen LogP contribution in [0.2, 0.25) is 5.02 Å². The van der Waals surface area contributed by atoms with E-state index in [1.807, 2.05) is 18.4 Å². The lowest BCUT2D eigenvalue weighted by Gasteiger charge is -2.21. The average molecular weight is 190 g/mol. The summed E-state index contributed by atoms with van der Waals surface area (Å²) in [4.78, 5) is 1.08. The van der Waals surface area contributed by atoms with Gasteiger partial charge in [-0.25, -0.2) is 0 Å². The molecule has 1 aromatic rings. The summed E-state index contributed by atoms with van der Waals surface area (Å²) >= 11 is 7.56. The molecule has 11 heavy (non-hydrogen) atoms. The predicted molar refractivity (Wildman–Crippen MR) is 51.2 cm³/mol. The molecule has 0 spiro atoms. The Morgan fingerprint density at radius 1 is 1.73 bits per heavy atom. The third-order valence-corrected chi connectivity index (χ3v) is 3.49. The van der Waals surface area contributed by atoms with Gasteiger partial charge in [0, 0.05) is 10.4 Å². The van der Waals surface area contributed by atoms with Gasteiger partial charge in [-0.3, -0.25) is 0 Å². The monoisotopic (exact) mass is 189 g/mol. The highest BCUT2D eigenvalue weighted by atomic mass is 35.5. The molecule has 1 rings (SSSR count). The van der Waals surface area contributed by atoms with Gasteiger partial charge >= 0.3 is 0 Å². The zero-order chi connectivity index (χ0) is 8.48. The molecule has 0 radical (unpaired) electrons. The fourth-order valence-electron chi connectivity index (χ4n) is 0.862. The van der Waals surface area contributed by atoms with E-state index < -0.39 is 0 Å². The molecule has 0 saturated carbocycles. The van der Waals surface area contributed by atoms with E-state index in [1.165, 1.54) is 0 Å². The Kier molecular flexibility index (Phi) is 2.58. The van der Waals surface area contributed by atoms with Crippen molar-refractivity contribution in [2.45, 2.75) is 25.8 Å². The predicted octanol–water partition coefficient (Wildman–Crippen LogP) is 2.99. The summed E-state index contributed by atoms with van der Waals surface area (Å²) in [6.45, 7) is 4.07. The molecule has 0 aliphatic rings. The quantitative estimate of drug-likeness (QED) is 0.761. The van der Waals surface area contributed by atoms with Crippen molar-refractivity contribution in [3.05, 3.63) is 21.3 Å². The normalized spacial score (nSPS) is 16.4. The number of hydrogen-bond acceptors (Lipinski definition) is 2. The molecule has 0 aromatic carbocycles. The molecule has 1 atom stereocenters.